The molecule has 1 aromatic carbocycles. The molecule has 0 fully saturated rings. The third-order valence-corrected chi connectivity index (χ3v) is 6.57. The quantitative estimate of drug-likeness (QED) is 0.515. The highest BCUT2D eigenvalue weighted by Crippen LogP contribution is 2.42. The summed E-state index contributed by atoms with van der Waals surface area (Å²) in [4.78, 5) is 23.3. The number of ketones is 1. The summed E-state index contributed by atoms with van der Waals surface area (Å²) in [5, 5.41) is 20.7. The molecule has 0 aliphatic heterocycles. The second kappa shape index (κ2) is 8.36. The van der Waals surface area contributed by atoms with Gasteiger partial charge in [-0.05, 0) is 37.8 Å². The van der Waals surface area contributed by atoms with E-state index in [-0.39, 0.29) is 57.1 Å². The minimum Gasteiger partial charge on any atom is -0.507 e. The second-order valence-electron chi connectivity index (χ2n) is 7.77. The van der Waals surface area contributed by atoms with Crippen LogP contribution >= 0.6 is 11.6 Å². The predicted octanol–water partition coefficient (Wildman–Crippen LogP) is 5.33. The van der Waals surface area contributed by atoms with E-state index in [1.54, 1.807) is 13.0 Å². The lowest BCUT2D eigenvalue weighted by molar-refractivity contribution is -0.121. The van der Waals surface area contributed by atoms with Crippen molar-refractivity contribution in [1.82, 2.24) is 0 Å². The van der Waals surface area contributed by atoms with Crippen LogP contribution in [0.25, 0.3) is 0 Å². The SMILES string of the molecule is CC(C=C[C@@]1(C)[C@@H](C)C=CC(=O)[C@@H]1C)=CCc1c(O)c(Cl)c(C)c(C=O)c1O. The maximum absolute atomic E-state index is 12.1. The van der Waals surface area contributed by atoms with Crippen molar-refractivity contribution in [1.29, 1.82) is 0 Å². The van der Waals surface area contributed by atoms with Crippen molar-refractivity contribution in [3.8, 4) is 11.5 Å². The highest BCUT2D eigenvalue weighted by Gasteiger charge is 2.39. The van der Waals surface area contributed by atoms with Gasteiger partial charge in [-0.25, -0.2) is 0 Å². The van der Waals surface area contributed by atoms with Crippen LogP contribution in [0.15, 0.2) is 36.0 Å². The lowest BCUT2D eigenvalue weighted by atomic mass is 9.64. The summed E-state index contributed by atoms with van der Waals surface area (Å²) in [7, 11) is 0. The number of carbonyl (C=O) groups is 2. The average molecular weight is 403 g/mol. The zero-order chi connectivity index (χ0) is 21.2. The van der Waals surface area contributed by atoms with Crippen molar-refractivity contribution in [2.24, 2.45) is 17.3 Å². The predicted molar refractivity (Wildman–Crippen MR) is 112 cm³/mol. The third kappa shape index (κ3) is 3.93. The first kappa shape index (κ1) is 22.0. The van der Waals surface area contributed by atoms with Gasteiger partial charge in [-0.15, -0.1) is 0 Å². The van der Waals surface area contributed by atoms with Crippen LogP contribution in [0.3, 0.4) is 0 Å². The Balaban J connectivity index is 2.30. The Morgan fingerprint density at radius 2 is 1.93 bits per heavy atom. The zero-order valence-corrected chi connectivity index (χ0v) is 17.7. The number of benzene rings is 1. The fourth-order valence-corrected chi connectivity index (χ4v) is 3.66. The zero-order valence-electron chi connectivity index (χ0n) is 16.9. The maximum atomic E-state index is 12.1. The molecule has 0 spiro atoms. The van der Waals surface area contributed by atoms with Crippen molar-refractivity contribution < 1.29 is 19.8 Å². The number of phenols is 2. The van der Waals surface area contributed by atoms with Gasteiger partial charge in [0.15, 0.2) is 12.1 Å². The molecule has 5 heteroatoms. The van der Waals surface area contributed by atoms with E-state index < -0.39 is 0 Å². The van der Waals surface area contributed by atoms with Crippen LogP contribution in [0.4, 0.5) is 0 Å². The van der Waals surface area contributed by atoms with Crippen LogP contribution in [0.1, 0.15) is 49.2 Å². The molecule has 1 aliphatic rings. The van der Waals surface area contributed by atoms with Crippen molar-refractivity contribution in [2.45, 2.75) is 41.0 Å². The smallest absolute Gasteiger partial charge is 0.159 e. The van der Waals surface area contributed by atoms with Crippen molar-refractivity contribution in [3.05, 3.63) is 57.7 Å². The molecule has 3 atom stereocenters. The molecular formula is C23H27ClO4. The van der Waals surface area contributed by atoms with E-state index in [1.165, 1.54) is 0 Å². The number of phenolic OH excluding ortho intramolecular Hbond substituents is 2. The Kier molecular flexibility index (Phi) is 6.56. The number of hydrogen-bond acceptors (Lipinski definition) is 4. The fourth-order valence-electron chi connectivity index (χ4n) is 3.45. The van der Waals surface area contributed by atoms with Crippen LogP contribution < -0.4 is 0 Å². The normalized spacial score (nSPS) is 25.5. The topological polar surface area (TPSA) is 74.6 Å². The molecule has 0 bridgehead atoms. The first-order valence-electron chi connectivity index (χ1n) is 9.30. The summed E-state index contributed by atoms with van der Waals surface area (Å²) in [6.45, 7) is 9.58. The number of halogens is 1. The molecule has 0 saturated carbocycles. The number of hydrogen-bond donors (Lipinski definition) is 2. The summed E-state index contributed by atoms with van der Waals surface area (Å²) in [6, 6.07) is 0. The molecule has 0 saturated heterocycles. The average Bonchev–Trinajstić information content (AvgIpc) is 2.66. The van der Waals surface area contributed by atoms with Gasteiger partial charge >= 0.3 is 0 Å². The first-order valence-corrected chi connectivity index (χ1v) is 9.68. The summed E-state index contributed by atoms with van der Waals surface area (Å²) >= 11 is 6.09. The minimum atomic E-state index is -0.289. The van der Waals surface area contributed by atoms with E-state index in [0.29, 0.717) is 11.8 Å². The largest absolute Gasteiger partial charge is 0.507 e. The third-order valence-electron chi connectivity index (χ3n) is 6.11. The van der Waals surface area contributed by atoms with E-state index >= 15 is 0 Å². The van der Waals surface area contributed by atoms with Gasteiger partial charge in [0.25, 0.3) is 0 Å². The monoisotopic (exact) mass is 402 g/mol. The molecule has 28 heavy (non-hydrogen) atoms. The van der Waals surface area contributed by atoms with Crippen molar-refractivity contribution in [3.63, 3.8) is 0 Å². The van der Waals surface area contributed by atoms with Crippen molar-refractivity contribution >= 4 is 23.7 Å². The molecule has 0 heterocycles. The van der Waals surface area contributed by atoms with Crippen molar-refractivity contribution in [2.75, 3.05) is 0 Å². The van der Waals surface area contributed by atoms with Crippen LogP contribution in [-0.4, -0.2) is 22.3 Å². The van der Waals surface area contributed by atoms with E-state index in [0.717, 1.165) is 5.57 Å². The molecule has 0 radical (unpaired) electrons. The Morgan fingerprint density at radius 1 is 1.29 bits per heavy atom. The number of aromatic hydroxyl groups is 2. The standard InChI is InChI=1S/C23H27ClO4/c1-13(10-11-23(5)14(2)7-9-19(26)16(23)4)6-8-17-21(27)18(12-25)15(3)20(24)22(17)28/h6-7,9-12,14,16,27-28H,8H2,1-5H3/t14-,16-,23-/m0/s1. The number of rotatable bonds is 5. The maximum Gasteiger partial charge on any atom is 0.159 e. The molecule has 2 N–H and O–H groups in total. The van der Waals surface area contributed by atoms with Gasteiger partial charge < -0.3 is 10.2 Å². The van der Waals surface area contributed by atoms with Gasteiger partial charge in [-0.2, -0.15) is 0 Å². The number of aldehydes is 1. The minimum absolute atomic E-state index is 0.0687. The van der Waals surface area contributed by atoms with Gasteiger partial charge in [0, 0.05) is 16.9 Å². The lowest BCUT2D eigenvalue weighted by Gasteiger charge is -2.38. The van der Waals surface area contributed by atoms with Crippen LogP contribution in [-0.2, 0) is 11.2 Å². The van der Waals surface area contributed by atoms with Gasteiger partial charge in [-0.3, -0.25) is 9.59 Å². The van der Waals surface area contributed by atoms with E-state index in [2.05, 4.69) is 13.8 Å². The summed E-state index contributed by atoms with van der Waals surface area (Å²) in [5.74, 6) is -0.233. The highest BCUT2D eigenvalue weighted by atomic mass is 35.5. The van der Waals surface area contributed by atoms with Gasteiger partial charge in [-0.1, -0.05) is 62.2 Å². The van der Waals surface area contributed by atoms with Gasteiger partial charge in [0.05, 0.1) is 10.6 Å². The van der Waals surface area contributed by atoms with E-state index in [1.807, 2.05) is 38.2 Å². The van der Waals surface area contributed by atoms with Gasteiger partial charge in [0.1, 0.15) is 11.5 Å². The summed E-state index contributed by atoms with van der Waals surface area (Å²) in [5.41, 5.74) is 1.27. The highest BCUT2D eigenvalue weighted by molar-refractivity contribution is 6.33. The molecule has 0 unspecified atom stereocenters. The lowest BCUT2D eigenvalue weighted by Crippen LogP contribution is -2.37. The first-order chi connectivity index (χ1) is 13.0. The molecular weight excluding hydrogens is 376 g/mol. The molecule has 2 rings (SSSR count). The molecule has 0 aromatic heterocycles. The summed E-state index contributed by atoms with van der Waals surface area (Å²) < 4.78 is 0. The Morgan fingerprint density at radius 3 is 2.54 bits per heavy atom. The van der Waals surface area contributed by atoms with Crippen LogP contribution in [0.5, 0.6) is 11.5 Å². The molecule has 1 aromatic rings. The molecule has 0 amide bonds. The summed E-state index contributed by atoms with van der Waals surface area (Å²) in [6.07, 6.45) is 10.2. The van der Waals surface area contributed by atoms with E-state index in [9.17, 15) is 19.8 Å². The Bertz CT molecular complexity index is 895. The van der Waals surface area contributed by atoms with Crippen LogP contribution in [0, 0.1) is 24.2 Å². The second-order valence-corrected chi connectivity index (χ2v) is 8.15. The van der Waals surface area contributed by atoms with Crippen LogP contribution in [0.2, 0.25) is 5.02 Å². The molecule has 150 valence electrons. The molecule has 4 nitrogen and oxygen atoms in total. The number of allylic oxidation sites excluding steroid dienone is 6. The Labute approximate surface area is 171 Å². The molecule has 1 aliphatic carbocycles. The van der Waals surface area contributed by atoms with Gasteiger partial charge in [0.2, 0.25) is 0 Å². The fraction of sp³-hybridized carbons (Fsp3) is 0.391. The number of carbonyl (C=O) groups excluding carboxylic acids is 2. The Hall–Kier alpha value is -2.33. The van der Waals surface area contributed by atoms with E-state index in [4.69, 9.17) is 11.6 Å².